The quantitative estimate of drug-likeness (QED) is 0.798. The van der Waals surface area contributed by atoms with Crippen LogP contribution in [0, 0.1) is 0 Å². The summed E-state index contributed by atoms with van der Waals surface area (Å²) in [6, 6.07) is 7.29. The second kappa shape index (κ2) is 4.82. The molecule has 0 saturated heterocycles. The van der Waals surface area contributed by atoms with Crippen LogP contribution in [-0.2, 0) is 4.79 Å². The Morgan fingerprint density at radius 3 is 2.13 bits per heavy atom. The highest BCUT2D eigenvalue weighted by molar-refractivity contribution is 5.76. The topological polar surface area (TPSA) is 49.3 Å². The van der Waals surface area contributed by atoms with Crippen LogP contribution in [0.15, 0.2) is 24.3 Å². The predicted molar refractivity (Wildman–Crippen MR) is 61.3 cm³/mol. The van der Waals surface area contributed by atoms with Crippen molar-refractivity contribution in [3.63, 3.8) is 0 Å². The van der Waals surface area contributed by atoms with E-state index in [-0.39, 0.29) is 0 Å². The van der Waals surface area contributed by atoms with Gasteiger partial charge in [0.05, 0.1) is 0 Å². The summed E-state index contributed by atoms with van der Waals surface area (Å²) in [5.74, 6) is -0.348. The van der Waals surface area contributed by atoms with Crippen LogP contribution < -0.4 is 5.32 Å². The highest BCUT2D eigenvalue weighted by atomic mass is 16.4. The van der Waals surface area contributed by atoms with Gasteiger partial charge in [0.15, 0.2) is 0 Å². The van der Waals surface area contributed by atoms with E-state index in [2.05, 4.69) is 19.2 Å². The lowest BCUT2D eigenvalue weighted by molar-refractivity contribution is -0.137. The van der Waals surface area contributed by atoms with Crippen LogP contribution in [0.4, 0.5) is 5.69 Å². The minimum absolute atomic E-state index is 0.496. The molecule has 0 aliphatic rings. The summed E-state index contributed by atoms with van der Waals surface area (Å²) in [4.78, 5) is 10.6. The maximum atomic E-state index is 10.6. The first-order valence-corrected chi connectivity index (χ1v) is 5.10. The van der Waals surface area contributed by atoms with Crippen LogP contribution in [0.1, 0.15) is 32.3 Å². The highest BCUT2D eigenvalue weighted by Gasteiger charge is 2.09. The Bertz CT molecular complexity index is 330. The zero-order chi connectivity index (χ0) is 11.4. The number of anilines is 1. The second-order valence-corrected chi connectivity index (χ2v) is 3.98. The number of hydrogen-bond acceptors (Lipinski definition) is 2. The molecular weight excluding hydrogens is 190 g/mol. The Kier molecular flexibility index (Phi) is 3.72. The van der Waals surface area contributed by atoms with Gasteiger partial charge in [0.1, 0.15) is 6.04 Å². The number of benzene rings is 1. The number of hydrogen-bond donors (Lipinski definition) is 2. The SMILES string of the molecule is CC(C)c1ccc(N[C@@H](C)C(=O)O)cc1. The highest BCUT2D eigenvalue weighted by Crippen LogP contribution is 2.17. The molecule has 1 rings (SSSR count). The van der Waals surface area contributed by atoms with E-state index in [1.807, 2.05) is 24.3 Å². The molecular formula is C12H17NO2. The Balaban J connectivity index is 2.68. The van der Waals surface area contributed by atoms with Crippen LogP contribution in [0.25, 0.3) is 0 Å². The molecule has 0 aliphatic carbocycles. The first kappa shape index (κ1) is 11.6. The van der Waals surface area contributed by atoms with Crippen molar-refractivity contribution in [1.82, 2.24) is 0 Å². The zero-order valence-electron chi connectivity index (χ0n) is 9.32. The molecule has 1 aromatic carbocycles. The minimum atomic E-state index is -0.845. The summed E-state index contributed by atoms with van der Waals surface area (Å²) in [6.07, 6.45) is 0. The van der Waals surface area contributed by atoms with Crippen molar-refractivity contribution in [2.45, 2.75) is 32.7 Å². The third-order valence-corrected chi connectivity index (χ3v) is 2.33. The molecule has 0 aromatic heterocycles. The predicted octanol–water partition coefficient (Wildman–Crippen LogP) is 2.70. The van der Waals surface area contributed by atoms with Crippen LogP contribution in [0.2, 0.25) is 0 Å². The van der Waals surface area contributed by atoms with Gasteiger partial charge in [0.25, 0.3) is 0 Å². The molecule has 0 amide bonds. The average Bonchev–Trinajstić information content (AvgIpc) is 2.18. The standard InChI is InChI=1S/C12H17NO2/c1-8(2)10-4-6-11(7-5-10)13-9(3)12(14)15/h4-9,13H,1-3H3,(H,14,15)/t9-/m0/s1. The van der Waals surface area contributed by atoms with Gasteiger partial charge in [0, 0.05) is 5.69 Å². The third-order valence-electron chi connectivity index (χ3n) is 2.33. The van der Waals surface area contributed by atoms with Crippen molar-refractivity contribution in [1.29, 1.82) is 0 Å². The molecule has 0 bridgehead atoms. The third kappa shape index (κ3) is 3.27. The summed E-state index contributed by atoms with van der Waals surface area (Å²) >= 11 is 0. The molecule has 0 aliphatic heterocycles. The van der Waals surface area contributed by atoms with Crippen LogP contribution in [-0.4, -0.2) is 17.1 Å². The van der Waals surface area contributed by atoms with Crippen molar-refractivity contribution >= 4 is 11.7 Å². The van der Waals surface area contributed by atoms with Crippen molar-refractivity contribution < 1.29 is 9.90 Å². The molecule has 0 saturated carbocycles. The molecule has 0 heterocycles. The summed E-state index contributed by atoms with van der Waals surface area (Å²) in [5, 5.41) is 11.6. The van der Waals surface area contributed by atoms with Gasteiger partial charge in [-0.15, -0.1) is 0 Å². The van der Waals surface area contributed by atoms with Crippen LogP contribution in [0.3, 0.4) is 0 Å². The molecule has 1 atom stereocenters. The van der Waals surface area contributed by atoms with Crippen LogP contribution >= 0.6 is 0 Å². The number of nitrogens with one attached hydrogen (secondary N) is 1. The van der Waals surface area contributed by atoms with E-state index in [0.717, 1.165) is 5.69 Å². The Labute approximate surface area is 90.1 Å². The maximum absolute atomic E-state index is 10.6. The molecule has 3 heteroatoms. The smallest absolute Gasteiger partial charge is 0.325 e. The number of rotatable bonds is 4. The van der Waals surface area contributed by atoms with Gasteiger partial charge >= 0.3 is 5.97 Å². The largest absolute Gasteiger partial charge is 0.480 e. The second-order valence-electron chi connectivity index (χ2n) is 3.98. The lowest BCUT2D eigenvalue weighted by Crippen LogP contribution is -2.25. The summed E-state index contributed by atoms with van der Waals surface area (Å²) in [6.45, 7) is 5.88. The fourth-order valence-corrected chi connectivity index (χ4v) is 1.28. The lowest BCUT2D eigenvalue weighted by atomic mass is 10.0. The van der Waals surface area contributed by atoms with Crippen molar-refractivity contribution in [3.05, 3.63) is 29.8 Å². The van der Waals surface area contributed by atoms with E-state index in [4.69, 9.17) is 5.11 Å². The van der Waals surface area contributed by atoms with Gasteiger partial charge in [0.2, 0.25) is 0 Å². The average molecular weight is 207 g/mol. The first-order chi connectivity index (χ1) is 7.00. The van der Waals surface area contributed by atoms with Gasteiger partial charge in [-0.05, 0) is 30.5 Å². The van der Waals surface area contributed by atoms with E-state index in [1.54, 1.807) is 6.92 Å². The van der Waals surface area contributed by atoms with Gasteiger partial charge in [-0.25, -0.2) is 0 Å². The summed E-state index contributed by atoms with van der Waals surface area (Å²) in [7, 11) is 0. The summed E-state index contributed by atoms with van der Waals surface area (Å²) < 4.78 is 0. The Morgan fingerprint density at radius 1 is 1.20 bits per heavy atom. The lowest BCUT2D eigenvalue weighted by Gasteiger charge is -2.12. The molecule has 3 nitrogen and oxygen atoms in total. The van der Waals surface area contributed by atoms with E-state index in [0.29, 0.717) is 5.92 Å². The van der Waals surface area contributed by atoms with Gasteiger partial charge < -0.3 is 10.4 Å². The fourth-order valence-electron chi connectivity index (χ4n) is 1.28. The van der Waals surface area contributed by atoms with Crippen molar-refractivity contribution in [2.75, 3.05) is 5.32 Å². The van der Waals surface area contributed by atoms with Gasteiger partial charge in [-0.2, -0.15) is 0 Å². The van der Waals surface area contributed by atoms with Crippen LogP contribution in [0.5, 0.6) is 0 Å². The van der Waals surface area contributed by atoms with E-state index >= 15 is 0 Å². The summed E-state index contributed by atoms with van der Waals surface area (Å²) in [5.41, 5.74) is 2.10. The molecule has 2 N–H and O–H groups in total. The first-order valence-electron chi connectivity index (χ1n) is 5.10. The molecule has 0 unspecified atom stereocenters. The molecule has 0 spiro atoms. The Hall–Kier alpha value is -1.51. The van der Waals surface area contributed by atoms with E-state index in [1.165, 1.54) is 5.56 Å². The minimum Gasteiger partial charge on any atom is -0.480 e. The normalized spacial score (nSPS) is 12.5. The molecule has 15 heavy (non-hydrogen) atoms. The zero-order valence-corrected chi connectivity index (χ0v) is 9.32. The number of carboxylic acid groups (broad SMARTS) is 1. The van der Waals surface area contributed by atoms with E-state index < -0.39 is 12.0 Å². The molecule has 0 fully saturated rings. The van der Waals surface area contributed by atoms with Crippen molar-refractivity contribution in [3.8, 4) is 0 Å². The fraction of sp³-hybridized carbons (Fsp3) is 0.417. The van der Waals surface area contributed by atoms with Gasteiger partial charge in [-0.3, -0.25) is 4.79 Å². The number of carboxylic acids is 1. The monoisotopic (exact) mass is 207 g/mol. The van der Waals surface area contributed by atoms with E-state index in [9.17, 15) is 4.79 Å². The molecule has 82 valence electrons. The Morgan fingerprint density at radius 2 is 1.73 bits per heavy atom. The number of carbonyl (C=O) groups is 1. The maximum Gasteiger partial charge on any atom is 0.325 e. The number of aliphatic carboxylic acids is 1. The van der Waals surface area contributed by atoms with Gasteiger partial charge in [-0.1, -0.05) is 26.0 Å². The molecule has 1 aromatic rings. The molecule has 0 radical (unpaired) electrons. The van der Waals surface area contributed by atoms with Crippen molar-refractivity contribution in [2.24, 2.45) is 0 Å².